The number of piperazine rings is 1. The molecule has 0 aromatic heterocycles. The van der Waals surface area contributed by atoms with Gasteiger partial charge in [-0.2, -0.15) is 0 Å². The zero-order valence-electron chi connectivity index (χ0n) is 14.8. The van der Waals surface area contributed by atoms with Crippen LogP contribution in [0.3, 0.4) is 0 Å². The van der Waals surface area contributed by atoms with Gasteiger partial charge in [-0.15, -0.1) is 0 Å². The number of benzene rings is 2. The van der Waals surface area contributed by atoms with Crippen molar-refractivity contribution in [3.05, 3.63) is 59.7 Å². The first-order chi connectivity index (χ1) is 12.1. The summed E-state index contributed by atoms with van der Waals surface area (Å²) in [5.41, 5.74) is 5.10. The number of likely N-dealkylation sites (N-methyl/N-ethyl adjacent to an activating group) is 2. The van der Waals surface area contributed by atoms with Crippen LogP contribution < -0.4 is 9.80 Å². The molecule has 0 atom stereocenters. The number of hydrogen-bond acceptors (Lipinski definition) is 3. The highest BCUT2D eigenvalue weighted by atomic mass is 16.2. The molecule has 128 valence electrons. The quantitative estimate of drug-likeness (QED) is 0.791. The van der Waals surface area contributed by atoms with Crippen molar-refractivity contribution in [3.8, 4) is 0 Å². The number of carbonyl (C=O) groups excluding carboxylic acids is 1. The summed E-state index contributed by atoms with van der Waals surface area (Å²) in [5, 5.41) is 0. The van der Waals surface area contributed by atoms with Gasteiger partial charge in [0.15, 0.2) is 0 Å². The second kappa shape index (κ2) is 6.37. The van der Waals surface area contributed by atoms with Crippen LogP contribution in [0.1, 0.15) is 11.1 Å². The van der Waals surface area contributed by atoms with Gasteiger partial charge in [-0.25, -0.2) is 0 Å². The minimum atomic E-state index is 0.0642. The molecule has 1 saturated heterocycles. The number of para-hydroxylation sites is 2. The lowest BCUT2D eigenvalue weighted by molar-refractivity contribution is -0.112. The van der Waals surface area contributed by atoms with Gasteiger partial charge in [-0.1, -0.05) is 36.4 Å². The van der Waals surface area contributed by atoms with Crippen LogP contribution in [0.5, 0.6) is 0 Å². The molecule has 0 saturated carbocycles. The maximum Gasteiger partial charge on any atom is 0.258 e. The summed E-state index contributed by atoms with van der Waals surface area (Å²) in [7, 11) is 4.00. The molecule has 2 aliphatic heterocycles. The van der Waals surface area contributed by atoms with E-state index in [0.717, 1.165) is 48.6 Å². The fourth-order valence-corrected chi connectivity index (χ4v) is 3.64. The Kier molecular flexibility index (Phi) is 4.06. The number of anilines is 2. The van der Waals surface area contributed by atoms with Crippen molar-refractivity contribution < 1.29 is 4.79 Å². The molecule has 2 aromatic carbocycles. The van der Waals surface area contributed by atoms with Gasteiger partial charge >= 0.3 is 0 Å². The van der Waals surface area contributed by atoms with Crippen molar-refractivity contribution in [1.82, 2.24) is 4.90 Å². The molecule has 4 nitrogen and oxygen atoms in total. The molecule has 2 heterocycles. The molecule has 0 radical (unpaired) electrons. The summed E-state index contributed by atoms with van der Waals surface area (Å²) in [4.78, 5) is 19.2. The largest absolute Gasteiger partial charge is 0.368 e. The summed E-state index contributed by atoms with van der Waals surface area (Å²) >= 11 is 0. The minimum absolute atomic E-state index is 0.0642. The highest BCUT2D eigenvalue weighted by molar-refractivity contribution is 6.35. The summed E-state index contributed by atoms with van der Waals surface area (Å²) in [6, 6.07) is 16.4. The average Bonchev–Trinajstić information content (AvgIpc) is 2.88. The van der Waals surface area contributed by atoms with Crippen molar-refractivity contribution in [3.63, 3.8) is 0 Å². The molecule has 0 aliphatic carbocycles. The first-order valence-electron chi connectivity index (χ1n) is 8.77. The van der Waals surface area contributed by atoms with E-state index in [-0.39, 0.29) is 5.91 Å². The van der Waals surface area contributed by atoms with Crippen LogP contribution in [0.4, 0.5) is 11.4 Å². The maximum absolute atomic E-state index is 12.7. The molecule has 4 heteroatoms. The molecule has 0 spiro atoms. The Morgan fingerprint density at radius 3 is 2.24 bits per heavy atom. The molecule has 1 amide bonds. The molecule has 1 fully saturated rings. The lowest BCUT2D eigenvalue weighted by Gasteiger charge is -2.35. The Morgan fingerprint density at radius 2 is 1.48 bits per heavy atom. The topological polar surface area (TPSA) is 26.8 Å². The highest BCUT2D eigenvalue weighted by Gasteiger charge is 2.29. The molecule has 4 rings (SSSR count). The number of rotatable bonds is 2. The Balaban J connectivity index is 1.74. The van der Waals surface area contributed by atoms with Gasteiger partial charge in [0.1, 0.15) is 0 Å². The summed E-state index contributed by atoms with van der Waals surface area (Å²) < 4.78 is 0. The Morgan fingerprint density at radius 1 is 0.840 bits per heavy atom. The van der Waals surface area contributed by atoms with E-state index >= 15 is 0 Å². The van der Waals surface area contributed by atoms with Crippen LogP contribution in [0, 0.1) is 0 Å². The molecular formula is C21H23N3O. The lowest BCUT2D eigenvalue weighted by Crippen LogP contribution is -2.44. The van der Waals surface area contributed by atoms with E-state index in [4.69, 9.17) is 0 Å². The van der Waals surface area contributed by atoms with Gasteiger partial charge in [0.2, 0.25) is 0 Å². The second-order valence-corrected chi connectivity index (χ2v) is 6.79. The van der Waals surface area contributed by atoms with Crippen LogP contribution in [-0.2, 0) is 4.79 Å². The average molecular weight is 333 g/mol. The fourth-order valence-electron chi connectivity index (χ4n) is 3.64. The van der Waals surface area contributed by atoms with E-state index in [1.54, 1.807) is 4.90 Å². The van der Waals surface area contributed by atoms with E-state index in [2.05, 4.69) is 41.1 Å². The smallest absolute Gasteiger partial charge is 0.258 e. The van der Waals surface area contributed by atoms with Crippen molar-refractivity contribution >= 4 is 28.9 Å². The van der Waals surface area contributed by atoms with Gasteiger partial charge in [0.25, 0.3) is 5.91 Å². The number of hydrogen-bond donors (Lipinski definition) is 0. The molecule has 2 aromatic rings. The van der Waals surface area contributed by atoms with E-state index in [9.17, 15) is 4.79 Å². The van der Waals surface area contributed by atoms with Crippen LogP contribution >= 0.6 is 0 Å². The van der Waals surface area contributed by atoms with Crippen LogP contribution in [-0.4, -0.2) is 51.1 Å². The Labute approximate surface area is 149 Å². The van der Waals surface area contributed by atoms with Gasteiger partial charge in [0.05, 0.1) is 5.69 Å². The second-order valence-electron chi connectivity index (χ2n) is 6.79. The third-order valence-electron chi connectivity index (χ3n) is 5.17. The van der Waals surface area contributed by atoms with Crippen molar-refractivity contribution in [2.75, 3.05) is 50.1 Å². The molecule has 0 bridgehead atoms. The standard InChI is InChI=1S/C21H23N3O/c1-22-11-13-24(14-12-22)19-9-5-3-7-16(19)15-18-17-8-4-6-10-20(17)23(2)21(18)25/h3-10,15H,11-14H2,1-2H3. The monoisotopic (exact) mass is 333 g/mol. The summed E-state index contributed by atoms with van der Waals surface area (Å²) in [6.07, 6.45) is 2.05. The molecule has 0 unspecified atom stereocenters. The first-order valence-corrected chi connectivity index (χ1v) is 8.77. The van der Waals surface area contributed by atoms with Gasteiger partial charge in [-0.05, 0) is 30.8 Å². The van der Waals surface area contributed by atoms with E-state index in [1.165, 1.54) is 5.69 Å². The fraction of sp³-hybridized carbons (Fsp3) is 0.286. The van der Waals surface area contributed by atoms with Crippen LogP contribution in [0.25, 0.3) is 11.6 Å². The number of carbonyl (C=O) groups is 1. The molecule has 0 N–H and O–H groups in total. The van der Waals surface area contributed by atoms with E-state index in [1.807, 2.05) is 37.4 Å². The van der Waals surface area contributed by atoms with Crippen LogP contribution in [0.15, 0.2) is 48.5 Å². The zero-order valence-corrected chi connectivity index (χ0v) is 14.8. The summed E-state index contributed by atoms with van der Waals surface area (Å²) in [5.74, 6) is 0.0642. The SMILES string of the molecule is CN1CCN(c2ccccc2C=C2C(=O)N(C)c3ccccc32)CC1. The number of nitrogens with zero attached hydrogens (tertiary/aromatic N) is 3. The van der Waals surface area contributed by atoms with Crippen molar-refractivity contribution in [2.45, 2.75) is 0 Å². The minimum Gasteiger partial charge on any atom is -0.368 e. The normalized spacial score (nSPS) is 19.6. The molecular weight excluding hydrogens is 310 g/mol. The first kappa shape index (κ1) is 15.9. The Hall–Kier alpha value is -2.59. The number of amides is 1. The zero-order chi connectivity index (χ0) is 17.4. The van der Waals surface area contributed by atoms with Gasteiger partial charge < -0.3 is 14.7 Å². The predicted octanol–water partition coefficient (Wildman–Crippen LogP) is 2.96. The predicted molar refractivity (Wildman–Crippen MR) is 104 cm³/mol. The third-order valence-corrected chi connectivity index (χ3v) is 5.17. The van der Waals surface area contributed by atoms with Crippen molar-refractivity contribution in [2.24, 2.45) is 0 Å². The highest BCUT2D eigenvalue weighted by Crippen LogP contribution is 2.37. The maximum atomic E-state index is 12.7. The van der Waals surface area contributed by atoms with Crippen molar-refractivity contribution in [1.29, 1.82) is 0 Å². The number of fused-ring (bicyclic) bond motifs is 1. The van der Waals surface area contributed by atoms with E-state index in [0.29, 0.717) is 0 Å². The lowest BCUT2D eigenvalue weighted by atomic mass is 10.0. The van der Waals surface area contributed by atoms with Gasteiger partial charge in [-0.3, -0.25) is 4.79 Å². The molecule has 2 aliphatic rings. The van der Waals surface area contributed by atoms with E-state index < -0.39 is 0 Å². The van der Waals surface area contributed by atoms with Gasteiger partial charge in [0, 0.05) is 50.1 Å². The van der Waals surface area contributed by atoms with Crippen LogP contribution in [0.2, 0.25) is 0 Å². The third kappa shape index (κ3) is 2.83. The molecule has 25 heavy (non-hydrogen) atoms. The summed E-state index contributed by atoms with van der Waals surface area (Å²) in [6.45, 7) is 4.16. The Bertz CT molecular complexity index is 835.